The van der Waals surface area contributed by atoms with Crippen LogP contribution in [0.3, 0.4) is 0 Å². The molecule has 0 unspecified atom stereocenters. The van der Waals surface area contributed by atoms with Crippen molar-refractivity contribution in [1.29, 1.82) is 0 Å². The zero-order valence-corrected chi connectivity index (χ0v) is 13.2. The van der Waals surface area contributed by atoms with Gasteiger partial charge in [0.2, 0.25) is 0 Å². The first-order valence-corrected chi connectivity index (χ1v) is 7.09. The Morgan fingerprint density at radius 3 is 2.37 bits per heavy atom. The Morgan fingerprint density at radius 2 is 1.84 bits per heavy atom. The van der Waals surface area contributed by atoms with Gasteiger partial charge in [-0.3, -0.25) is 4.79 Å². The molecule has 0 aliphatic carbocycles. The third-order valence-electron chi connectivity index (χ3n) is 2.48. The Hall–Kier alpha value is -1.40. The molecule has 0 saturated carbocycles. The molecular weight excluding hydrogens is 374 g/mol. The molecule has 0 fully saturated rings. The van der Waals surface area contributed by atoms with E-state index in [1.165, 1.54) is 6.20 Å². The first kappa shape index (κ1) is 14.0. The summed E-state index contributed by atoms with van der Waals surface area (Å²) >= 11 is 6.80. The van der Waals surface area contributed by atoms with Crippen LogP contribution in [-0.2, 0) is 0 Å². The van der Waals surface area contributed by atoms with E-state index in [4.69, 9.17) is 0 Å². The highest BCUT2D eigenvalue weighted by atomic mass is 79.9. The molecule has 98 valence electrons. The van der Waals surface area contributed by atoms with Gasteiger partial charge >= 0.3 is 0 Å². The van der Waals surface area contributed by atoms with E-state index in [-0.39, 0.29) is 5.91 Å². The number of para-hydroxylation sites is 1. The minimum atomic E-state index is -0.206. The predicted octanol–water partition coefficient (Wildman–Crippen LogP) is 3.90. The van der Waals surface area contributed by atoms with Crippen LogP contribution in [0.5, 0.6) is 0 Å². The summed E-state index contributed by atoms with van der Waals surface area (Å²) in [4.78, 5) is 16.2. The van der Waals surface area contributed by atoms with Crippen molar-refractivity contribution in [2.75, 3.05) is 17.7 Å². The van der Waals surface area contributed by atoms with Crippen molar-refractivity contribution in [2.24, 2.45) is 0 Å². The maximum absolute atomic E-state index is 12.1. The number of nitrogens with one attached hydrogen (secondary N) is 2. The van der Waals surface area contributed by atoms with Crippen LogP contribution in [0.4, 0.5) is 11.5 Å². The first-order chi connectivity index (χ1) is 9.11. The number of pyridine rings is 1. The summed E-state index contributed by atoms with van der Waals surface area (Å²) < 4.78 is 1.63. The second-order valence-corrected chi connectivity index (χ2v) is 5.44. The third-order valence-corrected chi connectivity index (χ3v) is 3.80. The van der Waals surface area contributed by atoms with Gasteiger partial charge in [0.25, 0.3) is 5.91 Å². The van der Waals surface area contributed by atoms with Crippen LogP contribution in [0, 0.1) is 0 Å². The standard InChI is InChI=1S/C13H11Br2N3O/c1-16-11-6-5-8(7-17-11)13(19)18-12-9(14)3-2-4-10(12)15/h2-7H,1H3,(H,16,17)(H,18,19). The highest BCUT2D eigenvalue weighted by Gasteiger charge is 2.11. The van der Waals surface area contributed by atoms with Crippen molar-refractivity contribution in [3.63, 3.8) is 0 Å². The monoisotopic (exact) mass is 383 g/mol. The highest BCUT2D eigenvalue weighted by molar-refractivity contribution is 9.11. The van der Waals surface area contributed by atoms with Crippen molar-refractivity contribution < 1.29 is 4.79 Å². The molecule has 1 aromatic heterocycles. The van der Waals surface area contributed by atoms with E-state index in [9.17, 15) is 4.79 Å². The molecule has 1 aromatic carbocycles. The molecule has 6 heteroatoms. The Labute approximate surface area is 127 Å². The molecule has 0 spiro atoms. The smallest absolute Gasteiger partial charge is 0.257 e. The van der Waals surface area contributed by atoms with Crippen LogP contribution < -0.4 is 10.6 Å². The average molecular weight is 385 g/mol. The van der Waals surface area contributed by atoms with Crippen molar-refractivity contribution in [3.8, 4) is 0 Å². The van der Waals surface area contributed by atoms with E-state index in [0.29, 0.717) is 11.3 Å². The number of carbonyl (C=O) groups excluding carboxylic acids is 1. The van der Waals surface area contributed by atoms with Crippen LogP contribution >= 0.6 is 31.9 Å². The average Bonchev–Trinajstić information content (AvgIpc) is 2.43. The molecule has 0 atom stereocenters. The number of hydrogen-bond acceptors (Lipinski definition) is 3. The maximum atomic E-state index is 12.1. The van der Waals surface area contributed by atoms with E-state index >= 15 is 0 Å². The minimum Gasteiger partial charge on any atom is -0.373 e. The molecular formula is C13H11Br2N3O. The third kappa shape index (κ3) is 3.33. The predicted molar refractivity (Wildman–Crippen MR) is 83.6 cm³/mol. The van der Waals surface area contributed by atoms with Crippen molar-refractivity contribution >= 4 is 49.3 Å². The molecule has 19 heavy (non-hydrogen) atoms. The summed E-state index contributed by atoms with van der Waals surface area (Å²) in [6.45, 7) is 0. The van der Waals surface area contributed by atoms with Crippen LogP contribution in [-0.4, -0.2) is 17.9 Å². The Kier molecular flexibility index (Phi) is 4.55. The van der Waals surface area contributed by atoms with Gasteiger partial charge in [0, 0.05) is 22.2 Å². The Bertz CT molecular complexity index is 579. The normalized spacial score (nSPS) is 10.1. The Morgan fingerprint density at radius 1 is 1.16 bits per heavy atom. The molecule has 1 amide bonds. The molecule has 2 aromatic rings. The number of carbonyl (C=O) groups is 1. The van der Waals surface area contributed by atoms with Gasteiger partial charge in [-0.2, -0.15) is 0 Å². The number of anilines is 2. The van der Waals surface area contributed by atoms with Crippen LogP contribution in [0.25, 0.3) is 0 Å². The van der Waals surface area contributed by atoms with Gasteiger partial charge in [-0.25, -0.2) is 4.98 Å². The topological polar surface area (TPSA) is 54.0 Å². The minimum absolute atomic E-state index is 0.206. The fraction of sp³-hybridized carbons (Fsp3) is 0.0769. The van der Waals surface area contributed by atoms with Gasteiger partial charge in [0.1, 0.15) is 5.82 Å². The zero-order valence-electron chi connectivity index (χ0n) is 10.1. The lowest BCUT2D eigenvalue weighted by atomic mass is 10.2. The molecule has 2 rings (SSSR count). The SMILES string of the molecule is CNc1ccc(C(=O)Nc2c(Br)cccc2Br)cn1. The molecule has 0 bridgehead atoms. The molecule has 1 heterocycles. The van der Waals surface area contributed by atoms with Gasteiger partial charge in [-0.15, -0.1) is 0 Å². The molecule has 0 saturated heterocycles. The lowest BCUT2D eigenvalue weighted by Gasteiger charge is -2.09. The second kappa shape index (κ2) is 6.16. The first-order valence-electron chi connectivity index (χ1n) is 5.51. The number of aromatic nitrogens is 1. The summed E-state index contributed by atoms with van der Waals surface area (Å²) in [6, 6.07) is 9.08. The van der Waals surface area contributed by atoms with Gasteiger partial charge < -0.3 is 10.6 Å². The van der Waals surface area contributed by atoms with E-state index in [0.717, 1.165) is 14.8 Å². The Balaban J connectivity index is 2.20. The lowest BCUT2D eigenvalue weighted by molar-refractivity contribution is 0.102. The molecule has 0 aliphatic rings. The quantitative estimate of drug-likeness (QED) is 0.843. The van der Waals surface area contributed by atoms with Gasteiger partial charge in [-0.1, -0.05) is 6.07 Å². The van der Waals surface area contributed by atoms with Crippen molar-refractivity contribution in [2.45, 2.75) is 0 Å². The summed E-state index contributed by atoms with van der Waals surface area (Å²) in [6.07, 6.45) is 1.53. The highest BCUT2D eigenvalue weighted by Crippen LogP contribution is 2.30. The van der Waals surface area contributed by atoms with E-state index in [1.807, 2.05) is 18.2 Å². The van der Waals surface area contributed by atoms with E-state index in [1.54, 1.807) is 19.2 Å². The zero-order chi connectivity index (χ0) is 13.8. The van der Waals surface area contributed by atoms with E-state index < -0.39 is 0 Å². The largest absolute Gasteiger partial charge is 0.373 e. The summed E-state index contributed by atoms with van der Waals surface area (Å²) in [5, 5.41) is 5.74. The van der Waals surface area contributed by atoms with Crippen LogP contribution in [0.1, 0.15) is 10.4 Å². The van der Waals surface area contributed by atoms with Gasteiger partial charge in [0.05, 0.1) is 11.3 Å². The fourth-order valence-corrected chi connectivity index (χ4v) is 2.68. The number of hydrogen-bond donors (Lipinski definition) is 2. The van der Waals surface area contributed by atoms with Crippen molar-refractivity contribution in [1.82, 2.24) is 4.98 Å². The lowest BCUT2D eigenvalue weighted by Crippen LogP contribution is -2.13. The number of benzene rings is 1. The fourth-order valence-electron chi connectivity index (χ4n) is 1.48. The van der Waals surface area contributed by atoms with Crippen LogP contribution in [0.15, 0.2) is 45.5 Å². The van der Waals surface area contributed by atoms with Crippen LogP contribution in [0.2, 0.25) is 0 Å². The number of halogens is 2. The second-order valence-electron chi connectivity index (χ2n) is 3.73. The number of amides is 1. The number of nitrogens with zero attached hydrogens (tertiary/aromatic N) is 1. The van der Waals surface area contributed by atoms with Gasteiger partial charge in [0.15, 0.2) is 0 Å². The molecule has 4 nitrogen and oxygen atoms in total. The summed E-state index contributed by atoms with van der Waals surface area (Å²) in [5.74, 6) is 0.515. The number of rotatable bonds is 3. The summed E-state index contributed by atoms with van der Waals surface area (Å²) in [7, 11) is 1.78. The molecule has 2 N–H and O–H groups in total. The summed E-state index contributed by atoms with van der Waals surface area (Å²) in [5.41, 5.74) is 1.20. The molecule has 0 radical (unpaired) electrons. The maximum Gasteiger partial charge on any atom is 0.257 e. The van der Waals surface area contributed by atoms with Crippen molar-refractivity contribution in [3.05, 3.63) is 51.0 Å². The molecule has 0 aliphatic heterocycles. The van der Waals surface area contributed by atoms with E-state index in [2.05, 4.69) is 47.5 Å². The van der Waals surface area contributed by atoms with Gasteiger partial charge in [-0.05, 0) is 56.1 Å².